The molecule has 0 spiro atoms. The maximum atomic E-state index is 12.0. The molecule has 1 rings (SSSR count). The number of ether oxygens (including phenoxy) is 2. The van der Waals surface area contributed by atoms with Crippen molar-refractivity contribution in [2.24, 2.45) is 0 Å². The van der Waals surface area contributed by atoms with Gasteiger partial charge in [0.2, 0.25) is 0 Å². The molecule has 17 heavy (non-hydrogen) atoms. The van der Waals surface area contributed by atoms with Gasteiger partial charge in [-0.2, -0.15) is 0 Å². The van der Waals surface area contributed by atoms with Crippen LogP contribution in [0.5, 0.6) is 5.75 Å². The zero-order valence-electron chi connectivity index (χ0n) is 9.17. The van der Waals surface area contributed by atoms with Crippen LogP contribution in [0.1, 0.15) is 12.5 Å². The van der Waals surface area contributed by atoms with Gasteiger partial charge in [0, 0.05) is 5.56 Å². The zero-order valence-corrected chi connectivity index (χ0v) is 9.17. The molecule has 1 aromatic rings. The molecule has 0 aliphatic carbocycles. The molecule has 94 valence electrons. The standard InChI is InChI=1S/C11H12F3NO2/c1-3-16-7(2)8-4-5-10(9(15)6-8)17-11(12,13)14/h4-6H,2-3,15H2,1H3. The van der Waals surface area contributed by atoms with Crippen molar-refractivity contribution in [2.75, 3.05) is 12.3 Å². The topological polar surface area (TPSA) is 44.5 Å². The third-order valence-corrected chi connectivity index (χ3v) is 1.88. The van der Waals surface area contributed by atoms with Gasteiger partial charge in [-0.15, -0.1) is 13.2 Å². The Morgan fingerprint density at radius 2 is 2.06 bits per heavy atom. The van der Waals surface area contributed by atoms with Crippen LogP contribution in [0.3, 0.4) is 0 Å². The maximum absolute atomic E-state index is 12.0. The molecule has 0 aliphatic rings. The minimum atomic E-state index is -4.76. The smallest absolute Gasteiger partial charge is 0.494 e. The normalized spacial score (nSPS) is 11.1. The van der Waals surface area contributed by atoms with E-state index in [0.717, 1.165) is 6.07 Å². The molecule has 6 heteroatoms. The molecule has 0 aromatic heterocycles. The van der Waals surface area contributed by atoms with Gasteiger partial charge in [0.25, 0.3) is 0 Å². The van der Waals surface area contributed by atoms with Crippen LogP contribution in [0.15, 0.2) is 24.8 Å². The molecule has 3 nitrogen and oxygen atoms in total. The molecule has 0 saturated carbocycles. The van der Waals surface area contributed by atoms with Crippen LogP contribution in [-0.4, -0.2) is 13.0 Å². The molecule has 1 aromatic carbocycles. The fourth-order valence-corrected chi connectivity index (χ4v) is 1.20. The fourth-order valence-electron chi connectivity index (χ4n) is 1.20. The maximum Gasteiger partial charge on any atom is 0.573 e. The molecule has 0 aliphatic heterocycles. The van der Waals surface area contributed by atoms with Gasteiger partial charge in [0.1, 0.15) is 5.76 Å². The first kappa shape index (κ1) is 13.2. The van der Waals surface area contributed by atoms with Crippen LogP contribution in [0, 0.1) is 0 Å². The number of alkyl halides is 3. The summed E-state index contributed by atoms with van der Waals surface area (Å²) in [6.07, 6.45) is -4.76. The Bertz CT molecular complexity index is 416. The summed E-state index contributed by atoms with van der Waals surface area (Å²) in [7, 11) is 0. The molecule has 0 fully saturated rings. The van der Waals surface area contributed by atoms with E-state index < -0.39 is 12.1 Å². The fraction of sp³-hybridized carbons (Fsp3) is 0.273. The average molecular weight is 247 g/mol. The van der Waals surface area contributed by atoms with E-state index in [1.807, 2.05) is 0 Å². The first-order valence-electron chi connectivity index (χ1n) is 4.81. The second-order valence-corrected chi connectivity index (χ2v) is 3.16. The van der Waals surface area contributed by atoms with Crippen LogP contribution in [0.2, 0.25) is 0 Å². The molecular formula is C11H12F3NO2. The molecule has 2 N–H and O–H groups in total. The van der Waals surface area contributed by atoms with Gasteiger partial charge < -0.3 is 15.2 Å². The van der Waals surface area contributed by atoms with Gasteiger partial charge in [0.05, 0.1) is 12.3 Å². The molecule has 0 saturated heterocycles. The highest BCUT2D eigenvalue weighted by molar-refractivity contribution is 5.65. The summed E-state index contributed by atoms with van der Waals surface area (Å²) in [4.78, 5) is 0. The number of benzene rings is 1. The van der Waals surface area contributed by atoms with Crippen LogP contribution in [0.25, 0.3) is 5.76 Å². The Hall–Kier alpha value is -1.85. The number of halogens is 3. The highest BCUT2D eigenvalue weighted by atomic mass is 19.4. The van der Waals surface area contributed by atoms with E-state index in [9.17, 15) is 13.2 Å². The minimum Gasteiger partial charge on any atom is -0.494 e. The van der Waals surface area contributed by atoms with Gasteiger partial charge in [-0.05, 0) is 25.1 Å². The number of hydrogen-bond donors (Lipinski definition) is 1. The molecule has 0 unspecified atom stereocenters. The van der Waals surface area contributed by atoms with Crippen molar-refractivity contribution in [2.45, 2.75) is 13.3 Å². The predicted octanol–water partition coefficient (Wildman–Crippen LogP) is 3.17. The first-order chi connectivity index (χ1) is 7.83. The van der Waals surface area contributed by atoms with Gasteiger partial charge in [0.15, 0.2) is 5.75 Å². The van der Waals surface area contributed by atoms with E-state index in [-0.39, 0.29) is 5.69 Å². The van der Waals surface area contributed by atoms with Crippen molar-refractivity contribution < 1.29 is 22.6 Å². The van der Waals surface area contributed by atoms with Crippen molar-refractivity contribution >= 4 is 11.4 Å². The van der Waals surface area contributed by atoms with Crippen LogP contribution < -0.4 is 10.5 Å². The summed E-state index contributed by atoms with van der Waals surface area (Å²) in [5, 5.41) is 0. The van der Waals surface area contributed by atoms with Gasteiger partial charge >= 0.3 is 6.36 Å². The van der Waals surface area contributed by atoms with Gasteiger partial charge in [-0.25, -0.2) is 0 Å². The zero-order chi connectivity index (χ0) is 13.1. The van der Waals surface area contributed by atoms with E-state index in [0.29, 0.717) is 17.9 Å². The third-order valence-electron chi connectivity index (χ3n) is 1.88. The van der Waals surface area contributed by atoms with Crippen molar-refractivity contribution in [3.8, 4) is 5.75 Å². The third kappa shape index (κ3) is 3.90. The largest absolute Gasteiger partial charge is 0.573 e. The molecule has 0 atom stereocenters. The Kier molecular flexibility index (Phi) is 3.88. The van der Waals surface area contributed by atoms with E-state index >= 15 is 0 Å². The summed E-state index contributed by atoms with van der Waals surface area (Å²) >= 11 is 0. The van der Waals surface area contributed by atoms with Crippen molar-refractivity contribution in [3.63, 3.8) is 0 Å². The molecule has 0 amide bonds. The average Bonchev–Trinajstić information content (AvgIpc) is 2.19. The highest BCUT2D eigenvalue weighted by Gasteiger charge is 2.31. The molecule has 0 heterocycles. The second-order valence-electron chi connectivity index (χ2n) is 3.16. The Morgan fingerprint density at radius 1 is 1.41 bits per heavy atom. The Balaban J connectivity index is 2.90. The van der Waals surface area contributed by atoms with Crippen LogP contribution >= 0.6 is 0 Å². The lowest BCUT2D eigenvalue weighted by Crippen LogP contribution is -2.18. The molecule has 0 radical (unpaired) electrons. The highest BCUT2D eigenvalue weighted by Crippen LogP contribution is 2.30. The lowest BCUT2D eigenvalue weighted by Gasteiger charge is -2.13. The van der Waals surface area contributed by atoms with E-state index in [1.165, 1.54) is 12.1 Å². The van der Waals surface area contributed by atoms with Crippen molar-refractivity contribution in [1.29, 1.82) is 0 Å². The number of rotatable bonds is 4. The molecular weight excluding hydrogens is 235 g/mol. The van der Waals surface area contributed by atoms with Crippen LogP contribution in [0.4, 0.5) is 18.9 Å². The number of hydrogen-bond acceptors (Lipinski definition) is 3. The predicted molar refractivity (Wildman–Crippen MR) is 58.2 cm³/mol. The quantitative estimate of drug-likeness (QED) is 0.656. The Morgan fingerprint density at radius 3 is 2.53 bits per heavy atom. The summed E-state index contributed by atoms with van der Waals surface area (Å²) < 4.78 is 44.8. The summed E-state index contributed by atoms with van der Waals surface area (Å²) in [6, 6.07) is 3.84. The summed E-state index contributed by atoms with van der Waals surface area (Å²) in [5.41, 5.74) is 5.83. The molecule has 0 bridgehead atoms. The van der Waals surface area contributed by atoms with Crippen LogP contribution in [-0.2, 0) is 4.74 Å². The van der Waals surface area contributed by atoms with E-state index in [1.54, 1.807) is 6.92 Å². The van der Waals surface area contributed by atoms with Crippen molar-refractivity contribution in [1.82, 2.24) is 0 Å². The second kappa shape index (κ2) is 4.99. The summed E-state index contributed by atoms with van der Waals surface area (Å²) in [6.45, 7) is 5.81. The van der Waals surface area contributed by atoms with E-state index in [2.05, 4.69) is 11.3 Å². The lowest BCUT2D eigenvalue weighted by molar-refractivity contribution is -0.274. The SMILES string of the molecule is C=C(OCC)c1ccc(OC(F)(F)F)c(N)c1. The van der Waals surface area contributed by atoms with E-state index in [4.69, 9.17) is 10.5 Å². The number of nitrogen functional groups attached to an aromatic ring is 1. The lowest BCUT2D eigenvalue weighted by atomic mass is 10.1. The minimum absolute atomic E-state index is 0.124. The van der Waals surface area contributed by atoms with Gasteiger partial charge in [-0.1, -0.05) is 6.58 Å². The monoisotopic (exact) mass is 247 g/mol. The summed E-state index contributed by atoms with van der Waals surface area (Å²) in [5.74, 6) is -0.0942. The first-order valence-corrected chi connectivity index (χ1v) is 4.81. The van der Waals surface area contributed by atoms with Gasteiger partial charge in [-0.3, -0.25) is 0 Å². The Labute approximate surface area is 96.6 Å². The number of nitrogens with two attached hydrogens (primary N) is 1. The number of anilines is 1. The van der Waals surface area contributed by atoms with Crippen molar-refractivity contribution in [3.05, 3.63) is 30.3 Å².